The normalized spacial score (nSPS) is 10.2. The summed E-state index contributed by atoms with van der Waals surface area (Å²) in [6, 6.07) is 5.74. The van der Waals surface area contributed by atoms with E-state index in [0.29, 0.717) is 6.42 Å². The van der Waals surface area contributed by atoms with Crippen molar-refractivity contribution in [3.8, 4) is 0 Å². The second-order valence-electron chi connectivity index (χ2n) is 3.03. The maximum Gasteiger partial charge on any atom is 0.200 e. The van der Waals surface area contributed by atoms with Crippen LogP contribution in [0, 0.1) is 0 Å². The van der Waals surface area contributed by atoms with E-state index in [2.05, 4.69) is 33.2 Å². The van der Waals surface area contributed by atoms with Gasteiger partial charge in [0.2, 0.25) is 0 Å². The first kappa shape index (κ1) is 12.9. The number of aliphatic imine (C=N–C) groups is 1. The highest BCUT2D eigenvalue weighted by molar-refractivity contribution is 7.80. The Bertz CT molecular complexity index is 460. The second-order valence-corrected chi connectivity index (χ2v) is 3.47. The molecule has 0 aliphatic heterocycles. The zero-order chi connectivity index (χ0) is 12.5. The minimum absolute atomic E-state index is 0.0807. The third-order valence-corrected chi connectivity index (χ3v) is 1.79. The number of thiocarbonyl (C=S) groups is 1. The topological polar surface area (TPSA) is 89.3 Å². The Kier molecular flexibility index (Phi) is 5.43. The highest BCUT2D eigenvalue weighted by Gasteiger charge is 1.88. The lowest BCUT2D eigenvalue weighted by molar-refractivity contribution is 1.11. The van der Waals surface area contributed by atoms with Gasteiger partial charge in [-0.3, -0.25) is 4.98 Å². The fourth-order valence-electron chi connectivity index (χ4n) is 1.00. The number of guanidine groups is 1. The lowest BCUT2D eigenvalue weighted by Gasteiger charge is -1.98. The fourth-order valence-corrected chi connectivity index (χ4v) is 1.10. The van der Waals surface area contributed by atoms with Crippen LogP contribution in [-0.2, 0) is 6.42 Å². The van der Waals surface area contributed by atoms with Gasteiger partial charge < -0.3 is 16.8 Å². The zero-order valence-electron chi connectivity index (χ0n) is 9.13. The fraction of sp³-hybridized carbons (Fsp3) is 0.0909. The molecule has 88 valence electrons. The largest absolute Gasteiger partial charge is 0.376 e. The third-order valence-electron chi connectivity index (χ3n) is 1.68. The molecule has 1 heterocycles. The number of rotatable bonds is 3. The molecular formula is C11H13N5S. The summed E-state index contributed by atoms with van der Waals surface area (Å²) in [5, 5.41) is 2.57. The van der Waals surface area contributed by atoms with Gasteiger partial charge in [0.25, 0.3) is 0 Å². The lowest BCUT2D eigenvalue weighted by atomic mass is 10.3. The molecule has 0 atom stereocenters. The Morgan fingerprint density at radius 2 is 2.35 bits per heavy atom. The number of aromatic nitrogens is 1. The zero-order valence-corrected chi connectivity index (χ0v) is 9.95. The van der Waals surface area contributed by atoms with Gasteiger partial charge >= 0.3 is 0 Å². The van der Waals surface area contributed by atoms with Crippen molar-refractivity contribution in [3.63, 3.8) is 0 Å². The van der Waals surface area contributed by atoms with Crippen molar-refractivity contribution in [1.29, 1.82) is 0 Å². The van der Waals surface area contributed by atoms with Crippen LogP contribution in [0.4, 0.5) is 0 Å². The van der Waals surface area contributed by atoms with Gasteiger partial charge in [-0.15, -0.1) is 5.73 Å². The molecule has 0 amide bonds. The van der Waals surface area contributed by atoms with Gasteiger partial charge in [-0.05, 0) is 30.4 Å². The van der Waals surface area contributed by atoms with E-state index in [9.17, 15) is 0 Å². The molecule has 0 fully saturated rings. The maximum atomic E-state index is 5.44. The molecule has 0 aliphatic rings. The van der Waals surface area contributed by atoms with Crippen molar-refractivity contribution >= 4 is 23.3 Å². The molecular weight excluding hydrogens is 234 g/mol. The van der Waals surface area contributed by atoms with Crippen LogP contribution in [0.25, 0.3) is 0 Å². The van der Waals surface area contributed by atoms with Crippen LogP contribution in [0.2, 0.25) is 0 Å². The van der Waals surface area contributed by atoms with Crippen molar-refractivity contribution in [1.82, 2.24) is 10.3 Å². The molecule has 5 N–H and O–H groups in total. The van der Waals surface area contributed by atoms with Gasteiger partial charge in [-0.25, -0.2) is 4.99 Å². The number of nitrogens with one attached hydrogen (secondary N) is 1. The van der Waals surface area contributed by atoms with Crippen LogP contribution in [-0.4, -0.2) is 16.1 Å². The SMILES string of the molecule is NC(=S)NC(N)=NC=C=CCc1ccccn1. The second kappa shape index (κ2) is 7.16. The Labute approximate surface area is 105 Å². The Morgan fingerprint density at radius 3 is 3.00 bits per heavy atom. The number of nitrogens with zero attached hydrogens (tertiary/aromatic N) is 2. The highest BCUT2D eigenvalue weighted by Crippen LogP contribution is 1.94. The number of allylic oxidation sites excluding steroid dienone is 1. The van der Waals surface area contributed by atoms with Crippen molar-refractivity contribution in [3.05, 3.63) is 48.1 Å². The van der Waals surface area contributed by atoms with Gasteiger partial charge in [0.05, 0.1) is 6.20 Å². The lowest BCUT2D eigenvalue weighted by Crippen LogP contribution is -2.39. The van der Waals surface area contributed by atoms with E-state index in [1.165, 1.54) is 6.20 Å². The summed E-state index contributed by atoms with van der Waals surface area (Å²) < 4.78 is 0. The monoisotopic (exact) mass is 247 g/mol. The summed E-state index contributed by atoms with van der Waals surface area (Å²) in [5.74, 6) is 0.135. The van der Waals surface area contributed by atoms with Crippen LogP contribution >= 0.6 is 12.2 Å². The molecule has 0 saturated heterocycles. The van der Waals surface area contributed by atoms with E-state index in [1.807, 2.05) is 18.2 Å². The molecule has 0 radical (unpaired) electrons. The Morgan fingerprint density at radius 1 is 1.53 bits per heavy atom. The molecule has 0 spiro atoms. The van der Waals surface area contributed by atoms with Crippen molar-refractivity contribution in [2.24, 2.45) is 16.5 Å². The predicted octanol–water partition coefficient (Wildman–Crippen LogP) is 0.441. The average molecular weight is 247 g/mol. The molecule has 0 bridgehead atoms. The molecule has 1 aromatic heterocycles. The molecule has 17 heavy (non-hydrogen) atoms. The van der Waals surface area contributed by atoms with Crippen molar-refractivity contribution in [2.45, 2.75) is 6.42 Å². The minimum atomic E-state index is 0.0807. The van der Waals surface area contributed by atoms with Crippen LogP contribution in [0.5, 0.6) is 0 Å². The average Bonchev–Trinajstić information content (AvgIpc) is 2.29. The summed E-state index contributed by atoms with van der Waals surface area (Å²) in [6.45, 7) is 0. The number of hydrogen-bond acceptors (Lipinski definition) is 3. The van der Waals surface area contributed by atoms with E-state index < -0.39 is 0 Å². The Hall–Kier alpha value is -2.17. The molecule has 6 heteroatoms. The van der Waals surface area contributed by atoms with Gasteiger partial charge in [0.15, 0.2) is 11.1 Å². The highest BCUT2D eigenvalue weighted by atomic mass is 32.1. The molecule has 1 rings (SSSR count). The van der Waals surface area contributed by atoms with Crippen LogP contribution in [0.1, 0.15) is 5.69 Å². The summed E-state index contributed by atoms with van der Waals surface area (Å²) in [5.41, 5.74) is 14.5. The molecule has 0 aliphatic carbocycles. The number of nitrogens with two attached hydrogens (primary N) is 2. The van der Waals surface area contributed by atoms with E-state index in [0.717, 1.165) is 5.69 Å². The standard InChI is InChI=1S/C11H13N5S/c12-10(16-11(13)17)15-8-4-2-6-9-5-1-3-7-14-9/h1-3,5,7-8H,6H2,(H5,12,13,15,16,17). The quantitative estimate of drug-likeness (QED) is 0.312. The van der Waals surface area contributed by atoms with Gasteiger partial charge in [-0.2, -0.15) is 0 Å². The smallest absolute Gasteiger partial charge is 0.200 e. The maximum absolute atomic E-state index is 5.44. The third kappa shape index (κ3) is 6.09. The van der Waals surface area contributed by atoms with Crippen molar-refractivity contribution in [2.75, 3.05) is 0 Å². The van der Waals surface area contributed by atoms with Gasteiger partial charge in [0, 0.05) is 18.3 Å². The van der Waals surface area contributed by atoms with Gasteiger partial charge in [0.1, 0.15) is 0 Å². The predicted molar refractivity (Wildman–Crippen MR) is 72.1 cm³/mol. The molecule has 5 nitrogen and oxygen atoms in total. The molecule has 0 aromatic carbocycles. The summed E-state index contributed by atoms with van der Waals surface area (Å²) in [6.07, 6.45) is 5.67. The first-order valence-corrected chi connectivity index (χ1v) is 5.28. The van der Waals surface area contributed by atoms with Gasteiger partial charge in [-0.1, -0.05) is 6.07 Å². The molecule has 1 aromatic rings. The van der Waals surface area contributed by atoms with E-state index >= 15 is 0 Å². The summed E-state index contributed by atoms with van der Waals surface area (Å²) >= 11 is 4.59. The first-order valence-electron chi connectivity index (χ1n) is 4.87. The van der Waals surface area contributed by atoms with Crippen LogP contribution < -0.4 is 16.8 Å². The van der Waals surface area contributed by atoms with E-state index in [4.69, 9.17) is 11.5 Å². The number of hydrogen-bond donors (Lipinski definition) is 3. The van der Waals surface area contributed by atoms with E-state index in [-0.39, 0.29) is 11.1 Å². The summed E-state index contributed by atoms with van der Waals surface area (Å²) in [4.78, 5) is 7.98. The van der Waals surface area contributed by atoms with Crippen molar-refractivity contribution < 1.29 is 0 Å². The minimum Gasteiger partial charge on any atom is -0.376 e. The molecule has 0 unspecified atom stereocenters. The summed E-state index contributed by atoms with van der Waals surface area (Å²) in [7, 11) is 0. The van der Waals surface area contributed by atoms with Crippen LogP contribution in [0.15, 0.2) is 47.4 Å². The number of pyridine rings is 1. The first-order chi connectivity index (χ1) is 8.18. The van der Waals surface area contributed by atoms with E-state index in [1.54, 1.807) is 12.3 Å². The Balaban J connectivity index is 2.46. The van der Waals surface area contributed by atoms with Crippen LogP contribution in [0.3, 0.4) is 0 Å². The molecule has 0 saturated carbocycles.